The molecule has 5 rings (SSSR count). The van der Waals surface area contributed by atoms with Crippen molar-refractivity contribution in [2.45, 2.75) is 105 Å². The van der Waals surface area contributed by atoms with E-state index >= 15 is 0 Å². The summed E-state index contributed by atoms with van der Waals surface area (Å²) >= 11 is 5.90. The third kappa shape index (κ3) is 5.22. The number of halogens is 2. The molecule has 6 atom stereocenters. The number of ether oxygens (including phenoxy) is 1. The van der Waals surface area contributed by atoms with Gasteiger partial charge in [-0.25, -0.2) is 4.39 Å². The van der Waals surface area contributed by atoms with Crippen LogP contribution in [0, 0.1) is 5.92 Å². The highest BCUT2D eigenvalue weighted by Crippen LogP contribution is 2.47. The molecule has 5 fully saturated rings. The highest BCUT2D eigenvalue weighted by molar-refractivity contribution is 6.21. The van der Waals surface area contributed by atoms with Crippen LogP contribution in [0.4, 0.5) is 4.39 Å². The lowest BCUT2D eigenvalue weighted by Crippen LogP contribution is -2.70. The number of alkyl halides is 2. The van der Waals surface area contributed by atoms with Gasteiger partial charge in [0.2, 0.25) is 11.8 Å². The van der Waals surface area contributed by atoms with E-state index < -0.39 is 35.0 Å². The van der Waals surface area contributed by atoms with E-state index in [9.17, 15) is 24.2 Å². The molecule has 2 bridgehead atoms. The normalized spacial score (nSPS) is 44.1. The highest BCUT2D eigenvalue weighted by atomic mass is 35.5. The van der Waals surface area contributed by atoms with E-state index in [0.717, 1.165) is 0 Å². The van der Waals surface area contributed by atoms with Crippen molar-refractivity contribution >= 4 is 23.4 Å². The first-order chi connectivity index (χ1) is 15.2. The van der Waals surface area contributed by atoms with Crippen LogP contribution in [0.2, 0.25) is 0 Å². The van der Waals surface area contributed by atoms with E-state index in [1.54, 1.807) is 0 Å². The quantitative estimate of drug-likeness (QED) is 0.364. The van der Waals surface area contributed by atoms with Gasteiger partial charge in [0.15, 0.2) is 0 Å². The van der Waals surface area contributed by atoms with E-state index in [0.29, 0.717) is 64.3 Å². The number of carbonyl (C=O) groups excluding carboxylic acids is 2. The number of hydrogen-bond acceptors (Lipinski definition) is 6. The fraction of sp³-hybridized carbons (Fsp3) is 0.909. The van der Waals surface area contributed by atoms with Crippen molar-refractivity contribution in [3.05, 3.63) is 0 Å². The van der Waals surface area contributed by atoms with Crippen LogP contribution in [0.5, 0.6) is 0 Å². The van der Waals surface area contributed by atoms with Crippen LogP contribution >= 0.6 is 11.6 Å². The Morgan fingerprint density at radius 3 is 2.47 bits per heavy atom. The summed E-state index contributed by atoms with van der Waals surface area (Å²) in [5.41, 5.74) is -1.16. The van der Waals surface area contributed by atoms with Crippen molar-refractivity contribution in [1.29, 1.82) is 0 Å². The Balaban J connectivity index is 1.26. The van der Waals surface area contributed by atoms with Crippen LogP contribution < -0.4 is 16.0 Å². The monoisotopic (exact) mass is 475 g/mol. The first kappa shape index (κ1) is 24.1. The van der Waals surface area contributed by atoms with E-state index in [1.165, 1.54) is 0 Å². The molecule has 0 radical (unpaired) electrons. The van der Waals surface area contributed by atoms with Crippen molar-refractivity contribution in [1.82, 2.24) is 16.0 Å². The molecule has 6 unspecified atom stereocenters. The summed E-state index contributed by atoms with van der Waals surface area (Å²) < 4.78 is 19.4. The Kier molecular flexibility index (Phi) is 7.32. The Labute approximate surface area is 193 Å². The van der Waals surface area contributed by atoms with Gasteiger partial charge in [0.1, 0.15) is 19.0 Å². The van der Waals surface area contributed by atoms with Crippen LogP contribution in [0.25, 0.3) is 0 Å². The van der Waals surface area contributed by atoms with Gasteiger partial charge in [-0.1, -0.05) is 0 Å². The Morgan fingerprint density at radius 2 is 1.84 bits per heavy atom. The SMILES string of the molecule is O=C(COC1CCC(Cl)C(F)C1)NC12CCC(NC(=O)C3CCC(O)NC3)(CC1)CC2O. The van der Waals surface area contributed by atoms with Gasteiger partial charge in [-0.2, -0.15) is 0 Å². The zero-order valence-electron chi connectivity index (χ0n) is 18.3. The van der Waals surface area contributed by atoms with E-state index in [4.69, 9.17) is 16.3 Å². The van der Waals surface area contributed by atoms with Crippen molar-refractivity contribution in [2.24, 2.45) is 5.92 Å². The van der Waals surface area contributed by atoms with E-state index in [-0.39, 0.29) is 36.9 Å². The molecule has 5 N–H and O–H groups in total. The maximum Gasteiger partial charge on any atom is 0.246 e. The molecular weight excluding hydrogens is 441 g/mol. The molecule has 4 saturated carbocycles. The van der Waals surface area contributed by atoms with Crippen molar-refractivity contribution < 1.29 is 28.9 Å². The second kappa shape index (κ2) is 9.70. The predicted octanol–water partition coefficient (Wildman–Crippen LogP) is 0.868. The minimum Gasteiger partial charge on any atom is -0.391 e. The standard InChI is InChI=1S/C22H35ClFN3O5/c23-15-3-2-14(9-16(15)24)32-12-19(30)26-22-7-5-21(6-8-22,10-17(22)28)27-20(31)13-1-4-18(29)25-11-13/h13-18,25,28-29H,1-12H2,(H,26,30)(H,27,31). The summed E-state index contributed by atoms with van der Waals surface area (Å²) in [6.45, 7) is 0.280. The van der Waals surface area contributed by atoms with Gasteiger partial charge in [0.05, 0.1) is 29.0 Å². The number of piperidine rings is 1. The van der Waals surface area contributed by atoms with Gasteiger partial charge in [-0.05, 0) is 57.8 Å². The molecule has 1 aliphatic heterocycles. The molecule has 10 heteroatoms. The largest absolute Gasteiger partial charge is 0.391 e. The molecule has 5 aliphatic rings. The summed E-state index contributed by atoms with van der Waals surface area (Å²) in [5.74, 6) is -0.535. The minimum absolute atomic E-state index is 0.0405. The topological polar surface area (TPSA) is 120 Å². The second-order valence-electron chi connectivity index (χ2n) is 10.2. The lowest BCUT2D eigenvalue weighted by Gasteiger charge is -2.56. The first-order valence-corrected chi connectivity index (χ1v) is 12.3. The molecule has 8 nitrogen and oxygen atoms in total. The molecule has 0 aromatic heterocycles. The minimum atomic E-state index is -1.12. The number of hydrogen-bond donors (Lipinski definition) is 5. The second-order valence-corrected chi connectivity index (χ2v) is 10.7. The summed E-state index contributed by atoms with van der Waals surface area (Å²) in [5, 5.41) is 29.1. The lowest BCUT2D eigenvalue weighted by atomic mass is 9.59. The summed E-state index contributed by atoms with van der Waals surface area (Å²) in [7, 11) is 0. The summed E-state index contributed by atoms with van der Waals surface area (Å²) in [4.78, 5) is 25.3. The Morgan fingerprint density at radius 1 is 1.09 bits per heavy atom. The van der Waals surface area contributed by atoms with Crippen LogP contribution in [-0.2, 0) is 14.3 Å². The molecule has 0 aromatic carbocycles. The number of amides is 2. The zero-order chi connectivity index (χ0) is 22.9. The number of nitrogens with one attached hydrogen (secondary N) is 3. The summed E-state index contributed by atoms with van der Waals surface area (Å²) in [6, 6.07) is 0. The van der Waals surface area contributed by atoms with Crippen molar-refractivity contribution in [2.75, 3.05) is 13.2 Å². The van der Waals surface area contributed by atoms with Gasteiger partial charge >= 0.3 is 0 Å². The Hall–Kier alpha value is -1.00. The molecule has 182 valence electrons. The molecule has 0 aromatic rings. The molecule has 32 heavy (non-hydrogen) atoms. The maximum atomic E-state index is 13.8. The fourth-order valence-electron chi connectivity index (χ4n) is 5.79. The molecule has 0 spiro atoms. The number of fused-ring (bicyclic) bond motifs is 3. The number of aliphatic hydroxyl groups is 2. The predicted molar refractivity (Wildman–Crippen MR) is 116 cm³/mol. The fourth-order valence-corrected chi connectivity index (χ4v) is 6.02. The van der Waals surface area contributed by atoms with Crippen LogP contribution in [-0.4, -0.2) is 76.2 Å². The number of aliphatic hydroxyl groups excluding tert-OH is 2. The van der Waals surface area contributed by atoms with Crippen LogP contribution in [0.1, 0.15) is 64.2 Å². The van der Waals surface area contributed by atoms with Crippen molar-refractivity contribution in [3.63, 3.8) is 0 Å². The third-order valence-corrected chi connectivity index (χ3v) is 8.44. The Bertz CT molecular complexity index is 697. The van der Waals surface area contributed by atoms with Gasteiger partial charge in [0, 0.05) is 18.5 Å². The van der Waals surface area contributed by atoms with Crippen molar-refractivity contribution in [3.8, 4) is 0 Å². The smallest absolute Gasteiger partial charge is 0.246 e. The highest BCUT2D eigenvalue weighted by Gasteiger charge is 2.55. The lowest BCUT2D eigenvalue weighted by molar-refractivity contribution is -0.141. The van der Waals surface area contributed by atoms with Crippen LogP contribution in [0.3, 0.4) is 0 Å². The molecule has 4 aliphatic carbocycles. The maximum absolute atomic E-state index is 13.8. The third-order valence-electron chi connectivity index (χ3n) is 7.95. The summed E-state index contributed by atoms with van der Waals surface area (Å²) in [6.07, 6.45) is 2.71. The van der Waals surface area contributed by atoms with Gasteiger partial charge in [0.25, 0.3) is 0 Å². The number of carbonyl (C=O) groups is 2. The molecular formula is C22H35ClFN3O5. The van der Waals surface area contributed by atoms with Gasteiger partial charge in [-0.15, -0.1) is 11.6 Å². The van der Waals surface area contributed by atoms with Crippen LogP contribution in [0.15, 0.2) is 0 Å². The average Bonchev–Trinajstić information content (AvgIpc) is 2.76. The van der Waals surface area contributed by atoms with Gasteiger partial charge < -0.3 is 25.6 Å². The number of rotatable bonds is 6. The molecule has 1 saturated heterocycles. The van der Waals surface area contributed by atoms with Gasteiger partial charge in [-0.3, -0.25) is 14.9 Å². The van der Waals surface area contributed by atoms with E-state index in [1.807, 2.05) is 0 Å². The first-order valence-electron chi connectivity index (χ1n) is 11.8. The molecule has 2 amide bonds. The average molecular weight is 476 g/mol. The zero-order valence-corrected chi connectivity index (χ0v) is 19.1. The van der Waals surface area contributed by atoms with E-state index in [2.05, 4.69) is 16.0 Å². The molecule has 1 heterocycles.